The van der Waals surface area contributed by atoms with E-state index in [0.29, 0.717) is 31.0 Å². The highest BCUT2D eigenvalue weighted by atomic mass is 32.2. The summed E-state index contributed by atoms with van der Waals surface area (Å²) in [6.45, 7) is 17.2. The third kappa shape index (κ3) is 8.77. The summed E-state index contributed by atoms with van der Waals surface area (Å²) >= 11 is 0. The maximum atomic E-state index is 13.6. The zero-order chi connectivity index (χ0) is 24.7. The minimum absolute atomic E-state index is 0.118. The lowest BCUT2D eigenvalue weighted by atomic mass is 9.99. The van der Waals surface area contributed by atoms with Crippen LogP contribution in [0.15, 0.2) is 35.2 Å². The van der Waals surface area contributed by atoms with Crippen molar-refractivity contribution in [3.63, 3.8) is 0 Å². The van der Waals surface area contributed by atoms with Gasteiger partial charge in [-0.2, -0.15) is 0 Å². The van der Waals surface area contributed by atoms with Crippen LogP contribution in [0.5, 0.6) is 0 Å². The molecule has 0 spiro atoms. The lowest BCUT2D eigenvalue weighted by molar-refractivity contribution is -0.168. The van der Waals surface area contributed by atoms with Crippen molar-refractivity contribution in [2.24, 2.45) is 11.8 Å². The first kappa shape index (κ1) is 28.5. The van der Waals surface area contributed by atoms with Crippen molar-refractivity contribution in [3.8, 4) is 0 Å². The van der Waals surface area contributed by atoms with Crippen LogP contribution in [0, 0.1) is 11.8 Å². The lowest BCUT2D eigenvalue weighted by Gasteiger charge is -2.37. The summed E-state index contributed by atoms with van der Waals surface area (Å²) in [5.74, 6) is 0.268. The Bertz CT molecular complexity index is 798. The third-order valence-corrected chi connectivity index (χ3v) is 13.8. The fraction of sp³-hybridized carbons (Fsp3) is 0.769. The molecule has 1 saturated heterocycles. The molecule has 0 aromatic heterocycles. The standard InChI is InChI=1S/C26H46O5SSi/c1-21(19-30-25-15-11-12-16-29-25)17-24(32(27,28)23-13-9-8-10-14-23)18-22(2)20-31-33(6,7)26(3,4)5/h8-10,13-14,21-22,24-25H,11-12,15-20H2,1-7H3/t21-,22-,24?,25?/m1/s1. The van der Waals surface area contributed by atoms with Crippen molar-refractivity contribution in [3.05, 3.63) is 30.3 Å². The van der Waals surface area contributed by atoms with Crippen molar-refractivity contribution in [1.82, 2.24) is 0 Å². The highest BCUT2D eigenvalue weighted by Gasteiger charge is 2.38. The van der Waals surface area contributed by atoms with E-state index in [4.69, 9.17) is 13.9 Å². The Morgan fingerprint density at radius 2 is 1.64 bits per heavy atom. The van der Waals surface area contributed by atoms with Gasteiger partial charge in [-0.15, -0.1) is 0 Å². The van der Waals surface area contributed by atoms with Crippen molar-refractivity contribution < 1.29 is 22.3 Å². The highest BCUT2D eigenvalue weighted by molar-refractivity contribution is 7.92. The molecular formula is C26H46O5SSi. The van der Waals surface area contributed by atoms with Gasteiger partial charge < -0.3 is 13.9 Å². The SMILES string of the molecule is C[C@@H](COC1CCCCO1)CC(C[C@@H](C)CO[Si](C)(C)C(C)(C)C)S(=O)(=O)c1ccccc1. The molecule has 190 valence electrons. The van der Waals surface area contributed by atoms with Crippen LogP contribution in [-0.4, -0.2) is 48.1 Å². The largest absolute Gasteiger partial charge is 0.417 e. The molecule has 33 heavy (non-hydrogen) atoms. The Labute approximate surface area is 203 Å². The second-order valence-electron chi connectivity index (χ2n) is 11.4. The molecule has 0 N–H and O–H groups in total. The topological polar surface area (TPSA) is 61.8 Å². The van der Waals surface area contributed by atoms with E-state index in [1.807, 2.05) is 6.07 Å². The van der Waals surface area contributed by atoms with E-state index in [1.165, 1.54) is 0 Å². The molecule has 1 aliphatic rings. The predicted molar refractivity (Wildman–Crippen MR) is 138 cm³/mol. The molecule has 0 bridgehead atoms. The van der Waals surface area contributed by atoms with Gasteiger partial charge in [0, 0.05) is 13.2 Å². The first-order chi connectivity index (χ1) is 15.3. The van der Waals surface area contributed by atoms with Crippen LogP contribution in [0.4, 0.5) is 0 Å². The van der Waals surface area contributed by atoms with Gasteiger partial charge in [0.05, 0.1) is 16.8 Å². The van der Waals surface area contributed by atoms with E-state index in [0.717, 1.165) is 25.9 Å². The first-order valence-corrected chi connectivity index (χ1v) is 16.9. The average Bonchev–Trinajstić information content (AvgIpc) is 2.76. The third-order valence-electron chi connectivity index (χ3n) is 7.08. The molecule has 2 rings (SSSR count). The highest BCUT2D eigenvalue weighted by Crippen LogP contribution is 2.37. The molecule has 1 fully saturated rings. The second kappa shape index (κ2) is 12.3. The quantitative estimate of drug-likeness (QED) is 0.310. The van der Waals surface area contributed by atoms with Gasteiger partial charge >= 0.3 is 0 Å². The van der Waals surface area contributed by atoms with Crippen LogP contribution in [0.3, 0.4) is 0 Å². The van der Waals surface area contributed by atoms with Crippen molar-refractivity contribution in [2.75, 3.05) is 19.8 Å². The average molecular weight is 499 g/mol. The summed E-state index contributed by atoms with van der Waals surface area (Å²) in [6, 6.07) is 8.85. The molecule has 7 heteroatoms. The maximum Gasteiger partial charge on any atom is 0.191 e. The van der Waals surface area contributed by atoms with E-state index in [2.05, 4.69) is 47.7 Å². The van der Waals surface area contributed by atoms with E-state index in [-0.39, 0.29) is 23.2 Å². The Kier molecular flexibility index (Phi) is 10.6. The molecule has 4 atom stereocenters. The molecule has 1 heterocycles. The van der Waals surface area contributed by atoms with Crippen molar-refractivity contribution in [1.29, 1.82) is 0 Å². The van der Waals surface area contributed by atoms with E-state index < -0.39 is 23.4 Å². The summed E-state index contributed by atoms with van der Waals surface area (Å²) < 4.78 is 45.2. The molecule has 0 aliphatic carbocycles. The monoisotopic (exact) mass is 498 g/mol. The summed E-state index contributed by atoms with van der Waals surface area (Å²) in [5, 5.41) is -0.335. The Balaban J connectivity index is 2.06. The fourth-order valence-electron chi connectivity index (χ4n) is 3.87. The Morgan fingerprint density at radius 1 is 1.03 bits per heavy atom. The molecule has 1 aromatic rings. The molecule has 0 amide bonds. The zero-order valence-corrected chi connectivity index (χ0v) is 23.6. The minimum Gasteiger partial charge on any atom is -0.417 e. The summed E-state index contributed by atoms with van der Waals surface area (Å²) in [4.78, 5) is 0.399. The molecule has 1 aromatic carbocycles. The van der Waals surface area contributed by atoms with Crippen LogP contribution in [0.2, 0.25) is 18.1 Å². The van der Waals surface area contributed by atoms with Crippen molar-refractivity contribution in [2.45, 2.75) is 101 Å². The molecule has 0 saturated carbocycles. The van der Waals surface area contributed by atoms with Crippen LogP contribution in [-0.2, 0) is 23.7 Å². The molecule has 1 aliphatic heterocycles. The Hall–Kier alpha value is -0.733. The Morgan fingerprint density at radius 3 is 2.18 bits per heavy atom. The van der Waals surface area contributed by atoms with E-state index in [9.17, 15) is 8.42 Å². The summed E-state index contributed by atoms with van der Waals surface area (Å²) in [6.07, 6.45) is 4.12. The number of sulfone groups is 1. The molecule has 5 nitrogen and oxygen atoms in total. The summed E-state index contributed by atoms with van der Waals surface area (Å²) in [7, 11) is -5.32. The minimum atomic E-state index is -3.45. The van der Waals surface area contributed by atoms with Gasteiger partial charge in [-0.05, 0) is 74.2 Å². The number of ether oxygens (including phenoxy) is 2. The predicted octanol–water partition coefficient (Wildman–Crippen LogP) is 6.45. The van der Waals surface area contributed by atoms with Gasteiger partial charge in [0.25, 0.3) is 0 Å². The maximum absolute atomic E-state index is 13.6. The van der Waals surface area contributed by atoms with E-state index in [1.54, 1.807) is 24.3 Å². The number of benzene rings is 1. The smallest absolute Gasteiger partial charge is 0.191 e. The van der Waals surface area contributed by atoms with Crippen LogP contribution in [0.1, 0.15) is 66.7 Å². The summed E-state index contributed by atoms with van der Waals surface area (Å²) in [5.41, 5.74) is 0. The van der Waals surface area contributed by atoms with Crippen LogP contribution >= 0.6 is 0 Å². The van der Waals surface area contributed by atoms with Crippen molar-refractivity contribution >= 4 is 18.2 Å². The number of rotatable bonds is 12. The van der Waals surface area contributed by atoms with Gasteiger partial charge in [-0.3, -0.25) is 0 Å². The van der Waals surface area contributed by atoms with Gasteiger partial charge in [0.2, 0.25) is 0 Å². The number of hydrogen-bond acceptors (Lipinski definition) is 5. The molecule has 2 unspecified atom stereocenters. The van der Waals surface area contributed by atoms with Gasteiger partial charge in [0.1, 0.15) is 0 Å². The molecular weight excluding hydrogens is 452 g/mol. The van der Waals surface area contributed by atoms with Crippen LogP contribution < -0.4 is 0 Å². The first-order valence-electron chi connectivity index (χ1n) is 12.5. The fourth-order valence-corrected chi connectivity index (χ4v) is 7.09. The van der Waals surface area contributed by atoms with Gasteiger partial charge in [-0.25, -0.2) is 8.42 Å². The van der Waals surface area contributed by atoms with Gasteiger partial charge in [-0.1, -0.05) is 52.8 Å². The second-order valence-corrected chi connectivity index (χ2v) is 18.4. The zero-order valence-electron chi connectivity index (χ0n) is 21.8. The van der Waals surface area contributed by atoms with Crippen LogP contribution in [0.25, 0.3) is 0 Å². The lowest BCUT2D eigenvalue weighted by Crippen LogP contribution is -2.42. The number of hydrogen-bond donors (Lipinski definition) is 0. The molecule has 0 radical (unpaired) electrons. The van der Waals surface area contributed by atoms with E-state index >= 15 is 0 Å². The normalized spacial score (nSPS) is 20.9. The van der Waals surface area contributed by atoms with Gasteiger partial charge in [0.15, 0.2) is 24.4 Å².